The maximum atomic E-state index is 11.4. The summed E-state index contributed by atoms with van der Waals surface area (Å²) < 4.78 is 30.5. The van der Waals surface area contributed by atoms with Crippen molar-refractivity contribution in [3.63, 3.8) is 0 Å². The number of nitrogens with zero attached hydrogens (tertiary/aromatic N) is 3. The highest BCUT2D eigenvalue weighted by molar-refractivity contribution is 14.0. The molecule has 0 saturated heterocycles. The molecule has 2 N–H and O–H groups in total. The minimum absolute atomic E-state index is 0. The molecule has 0 atom stereocenters. The van der Waals surface area contributed by atoms with Crippen LogP contribution in [0.25, 0.3) is 0 Å². The maximum Gasteiger partial charge on any atom is 0.191 e. The average molecular weight is 535 g/mol. The third-order valence-corrected chi connectivity index (χ3v) is 5.21. The fourth-order valence-corrected chi connectivity index (χ4v) is 3.31. The monoisotopic (exact) mass is 535 g/mol. The van der Waals surface area contributed by atoms with Crippen LogP contribution in [0.5, 0.6) is 5.75 Å². The zero-order valence-corrected chi connectivity index (χ0v) is 20.5. The second-order valence-electron chi connectivity index (χ2n) is 6.52. The van der Waals surface area contributed by atoms with Crippen molar-refractivity contribution in [2.45, 2.75) is 31.7 Å². The van der Waals surface area contributed by atoms with E-state index in [-0.39, 0.29) is 28.9 Å². The average Bonchev–Trinajstić information content (AvgIpc) is 2.97. The molecule has 162 valence electrons. The number of hydrogen-bond acceptors (Lipinski definition) is 5. The number of aliphatic imine (C=N–C) groups is 1. The summed E-state index contributed by atoms with van der Waals surface area (Å²) in [6, 6.07) is 8.47. The van der Waals surface area contributed by atoms with E-state index in [2.05, 4.69) is 33.7 Å². The molecule has 0 spiro atoms. The molecule has 0 aliphatic carbocycles. The first-order valence-corrected chi connectivity index (χ1v) is 11.1. The van der Waals surface area contributed by atoms with E-state index in [9.17, 15) is 8.42 Å². The van der Waals surface area contributed by atoms with Crippen molar-refractivity contribution in [1.82, 2.24) is 20.4 Å². The second kappa shape index (κ2) is 12.0. The van der Waals surface area contributed by atoms with Gasteiger partial charge in [-0.3, -0.25) is 9.67 Å². The lowest BCUT2D eigenvalue weighted by molar-refractivity contribution is 0.321. The summed E-state index contributed by atoms with van der Waals surface area (Å²) in [6.07, 6.45) is 2.12. The Morgan fingerprint density at radius 3 is 2.38 bits per heavy atom. The molecular weight excluding hydrogens is 505 g/mol. The molecule has 2 rings (SSSR count). The second-order valence-corrected chi connectivity index (χ2v) is 8.54. The number of aryl methyl sites for hydroxylation is 3. The molecule has 29 heavy (non-hydrogen) atoms. The van der Waals surface area contributed by atoms with Gasteiger partial charge in [-0.15, -0.1) is 24.0 Å². The van der Waals surface area contributed by atoms with Gasteiger partial charge < -0.3 is 15.4 Å². The molecule has 0 unspecified atom stereocenters. The maximum absolute atomic E-state index is 11.4. The minimum Gasteiger partial charge on any atom is -0.492 e. The van der Waals surface area contributed by atoms with Crippen molar-refractivity contribution >= 4 is 39.8 Å². The lowest BCUT2D eigenvalue weighted by Gasteiger charge is -2.13. The molecule has 10 heteroatoms. The van der Waals surface area contributed by atoms with Gasteiger partial charge in [-0.2, -0.15) is 5.10 Å². The molecule has 1 heterocycles. The Balaban J connectivity index is 0.00000420. The molecule has 2 aromatic rings. The fraction of sp³-hybridized carbons (Fsp3) is 0.474. The highest BCUT2D eigenvalue weighted by atomic mass is 127. The predicted molar refractivity (Wildman–Crippen MR) is 126 cm³/mol. The van der Waals surface area contributed by atoms with Gasteiger partial charge in [0.25, 0.3) is 0 Å². The van der Waals surface area contributed by atoms with Gasteiger partial charge in [0.15, 0.2) is 15.8 Å². The van der Waals surface area contributed by atoms with Crippen molar-refractivity contribution in [2.75, 3.05) is 33.0 Å². The van der Waals surface area contributed by atoms with E-state index in [0.29, 0.717) is 24.9 Å². The summed E-state index contributed by atoms with van der Waals surface area (Å²) in [7, 11) is -1.46. The van der Waals surface area contributed by atoms with Crippen LogP contribution in [-0.4, -0.2) is 57.2 Å². The Morgan fingerprint density at radius 1 is 1.17 bits per heavy atom. The molecule has 1 aromatic heterocycles. The van der Waals surface area contributed by atoms with E-state index < -0.39 is 9.84 Å². The van der Waals surface area contributed by atoms with E-state index in [0.717, 1.165) is 25.2 Å². The number of aromatic nitrogens is 2. The van der Waals surface area contributed by atoms with E-state index in [1.165, 1.54) is 11.9 Å². The Hall–Kier alpha value is -1.82. The fourth-order valence-electron chi connectivity index (χ4n) is 2.68. The van der Waals surface area contributed by atoms with Crippen LogP contribution in [0.15, 0.2) is 40.2 Å². The number of benzene rings is 1. The Morgan fingerprint density at radius 2 is 1.83 bits per heavy atom. The third-order valence-electron chi connectivity index (χ3n) is 4.08. The Bertz CT molecular complexity index is 895. The van der Waals surface area contributed by atoms with E-state index >= 15 is 0 Å². The summed E-state index contributed by atoms with van der Waals surface area (Å²) in [5, 5.41) is 10.9. The highest BCUT2D eigenvalue weighted by Crippen LogP contribution is 2.15. The number of sulfone groups is 1. The van der Waals surface area contributed by atoms with Gasteiger partial charge in [0, 0.05) is 32.1 Å². The molecule has 0 aliphatic rings. The number of guanidine groups is 1. The first kappa shape index (κ1) is 25.2. The Labute approximate surface area is 190 Å². The van der Waals surface area contributed by atoms with E-state index in [1.54, 1.807) is 31.3 Å². The van der Waals surface area contributed by atoms with Crippen molar-refractivity contribution in [1.29, 1.82) is 0 Å². The van der Waals surface area contributed by atoms with Crippen LogP contribution in [0.1, 0.15) is 17.8 Å². The van der Waals surface area contributed by atoms with Crippen LogP contribution in [-0.2, 0) is 16.4 Å². The highest BCUT2D eigenvalue weighted by Gasteiger charge is 2.06. The van der Waals surface area contributed by atoms with Gasteiger partial charge >= 0.3 is 0 Å². The SMILES string of the molecule is CN=C(NCCCn1nc(C)cc1C)NCCOc1ccc(S(C)(=O)=O)cc1.I. The van der Waals surface area contributed by atoms with Gasteiger partial charge in [-0.1, -0.05) is 0 Å². The standard InChI is InChI=1S/C19H29N5O3S.HI/c1-15-14-16(2)24(23-15)12-5-10-21-19(20-3)22-11-13-27-17-6-8-18(9-7-17)28(4,25)26;/h6-9,14H,5,10-13H2,1-4H3,(H2,20,21,22);1H. The molecule has 0 bridgehead atoms. The molecule has 0 radical (unpaired) electrons. The predicted octanol–water partition coefficient (Wildman–Crippen LogP) is 2.16. The van der Waals surface area contributed by atoms with Crippen LogP contribution < -0.4 is 15.4 Å². The lowest BCUT2D eigenvalue weighted by atomic mass is 10.3. The van der Waals surface area contributed by atoms with Crippen molar-refractivity contribution in [2.24, 2.45) is 4.99 Å². The molecule has 1 aromatic carbocycles. The number of ether oxygens (including phenoxy) is 1. The van der Waals surface area contributed by atoms with E-state index in [4.69, 9.17) is 4.74 Å². The van der Waals surface area contributed by atoms with Crippen molar-refractivity contribution in [3.8, 4) is 5.75 Å². The molecule has 0 fully saturated rings. The van der Waals surface area contributed by atoms with Crippen LogP contribution in [0, 0.1) is 13.8 Å². The molecule has 0 saturated carbocycles. The number of hydrogen-bond donors (Lipinski definition) is 2. The largest absolute Gasteiger partial charge is 0.492 e. The number of rotatable bonds is 9. The molecule has 0 amide bonds. The zero-order valence-electron chi connectivity index (χ0n) is 17.3. The van der Waals surface area contributed by atoms with Crippen molar-refractivity contribution < 1.29 is 13.2 Å². The van der Waals surface area contributed by atoms with Crippen molar-refractivity contribution in [3.05, 3.63) is 41.7 Å². The Kier molecular flexibility index (Phi) is 10.4. The summed E-state index contributed by atoms with van der Waals surface area (Å²) in [5.74, 6) is 1.34. The number of nitrogens with one attached hydrogen (secondary N) is 2. The first-order chi connectivity index (χ1) is 13.3. The van der Waals surface area contributed by atoms with E-state index in [1.807, 2.05) is 11.6 Å². The smallest absolute Gasteiger partial charge is 0.191 e. The molecular formula is C19H30IN5O3S. The lowest BCUT2D eigenvalue weighted by Crippen LogP contribution is -2.39. The van der Waals surface area contributed by atoms with Crippen LogP contribution in [0.2, 0.25) is 0 Å². The van der Waals surface area contributed by atoms with Crippen LogP contribution in [0.3, 0.4) is 0 Å². The molecule has 8 nitrogen and oxygen atoms in total. The minimum atomic E-state index is -3.19. The summed E-state index contributed by atoms with van der Waals surface area (Å²) >= 11 is 0. The van der Waals surface area contributed by atoms with Gasteiger partial charge in [-0.25, -0.2) is 8.42 Å². The topological polar surface area (TPSA) is 97.6 Å². The van der Waals surface area contributed by atoms with Crippen LogP contribution in [0.4, 0.5) is 0 Å². The van der Waals surface area contributed by atoms with Gasteiger partial charge in [-0.05, 0) is 50.6 Å². The van der Waals surface area contributed by atoms with Crippen LogP contribution >= 0.6 is 24.0 Å². The number of halogens is 1. The summed E-state index contributed by atoms with van der Waals surface area (Å²) in [4.78, 5) is 4.47. The third kappa shape index (κ3) is 8.60. The molecule has 0 aliphatic heterocycles. The quantitative estimate of drug-likeness (QED) is 0.221. The van der Waals surface area contributed by atoms with Gasteiger partial charge in [0.05, 0.1) is 17.1 Å². The van der Waals surface area contributed by atoms with Gasteiger partial charge in [0.2, 0.25) is 0 Å². The van der Waals surface area contributed by atoms with Gasteiger partial charge in [0.1, 0.15) is 12.4 Å². The first-order valence-electron chi connectivity index (χ1n) is 9.18. The summed E-state index contributed by atoms with van der Waals surface area (Å²) in [6.45, 7) is 6.70. The zero-order chi connectivity index (χ0) is 20.6. The normalized spacial score (nSPS) is 11.7. The summed E-state index contributed by atoms with van der Waals surface area (Å²) in [5.41, 5.74) is 2.20.